The summed E-state index contributed by atoms with van der Waals surface area (Å²) in [6, 6.07) is 5.55. The molecule has 31 heavy (non-hydrogen) atoms. The van der Waals surface area contributed by atoms with Gasteiger partial charge in [-0.1, -0.05) is 6.07 Å². The Morgan fingerprint density at radius 2 is 1.97 bits per heavy atom. The molecule has 2 N–H and O–H groups in total. The van der Waals surface area contributed by atoms with E-state index in [0.717, 1.165) is 37.1 Å². The van der Waals surface area contributed by atoms with Crippen LogP contribution in [0.2, 0.25) is 0 Å². The zero-order chi connectivity index (χ0) is 23.2. The number of fused-ring (bicyclic) bond motifs is 1. The summed E-state index contributed by atoms with van der Waals surface area (Å²) in [6.07, 6.45) is -2.60. The largest absolute Gasteiger partial charge is 0.490 e. The summed E-state index contributed by atoms with van der Waals surface area (Å²) in [5.74, 6) is -2.77. The Labute approximate surface area is 181 Å². The van der Waals surface area contributed by atoms with Crippen molar-refractivity contribution in [3.05, 3.63) is 56.1 Å². The number of alkyl halides is 3. The van der Waals surface area contributed by atoms with Crippen molar-refractivity contribution in [2.45, 2.75) is 38.0 Å². The number of thiophene rings is 1. The van der Waals surface area contributed by atoms with Gasteiger partial charge in [0.15, 0.2) is 0 Å². The number of hydrogen-bond acceptors (Lipinski definition) is 5. The van der Waals surface area contributed by atoms with Crippen molar-refractivity contribution in [1.82, 2.24) is 14.8 Å². The summed E-state index contributed by atoms with van der Waals surface area (Å²) in [7, 11) is 4.02. The average Bonchev–Trinajstić information content (AvgIpc) is 3.22. The van der Waals surface area contributed by atoms with E-state index in [2.05, 4.69) is 10.2 Å². The molecule has 170 valence electrons. The molecular weight excluding hydrogens is 435 g/mol. The Bertz CT molecular complexity index is 956. The fourth-order valence-corrected chi connectivity index (χ4v) is 3.79. The fourth-order valence-electron chi connectivity index (χ4n) is 3.15. The Balaban J connectivity index is 0.000000423. The van der Waals surface area contributed by atoms with Gasteiger partial charge < -0.3 is 19.9 Å². The van der Waals surface area contributed by atoms with Crippen LogP contribution in [-0.4, -0.2) is 59.3 Å². The second-order valence-electron chi connectivity index (χ2n) is 7.33. The number of amides is 1. The predicted molar refractivity (Wildman–Crippen MR) is 111 cm³/mol. The quantitative estimate of drug-likeness (QED) is 0.717. The zero-order valence-electron chi connectivity index (χ0n) is 17.1. The van der Waals surface area contributed by atoms with Crippen molar-refractivity contribution in [3.8, 4) is 0 Å². The van der Waals surface area contributed by atoms with Crippen LogP contribution in [0.15, 0.2) is 33.8 Å². The van der Waals surface area contributed by atoms with E-state index in [1.807, 2.05) is 41.6 Å². The first-order chi connectivity index (χ1) is 14.5. The number of halogens is 3. The number of hydrogen-bond donors (Lipinski definition) is 2. The molecule has 1 aliphatic carbocycles. The van der Waals surface area contributed by atoms with Crippen LogP contribution in [0.25, 0.3) is 0 Å². The Morgan fingerprint density at radius 3 is 2.52 bits per heavy atom. The van der Waals surface area contributed by atoms with E-state index < -0.39 is 12.1 Å². The summed E-state index contributed by atoms with van der Waals surface area (Å²) >= 11 is 1.53. The van der Waals surface area contributed by atoms with Gasteiger partial charge in [-0.3, -0.25) is 9.59 Å². The number of likely N-dealkylation sites (N-methyl/N-ethyl adjacent to an activating group) is 1. The molecule has 1 atom stereocenters. The second kappa shape index (κ2) is 10.6. The van der Waals surface area contributed by atoms with Crippen molar-refractivity contribution in [1.29, 1.82) is 0 Å². The number of nitrogens with zero attached hydrogens (tertiary/aromatic N) is 2. The van der Waals surface area contributed by atoms with Gasteiger partial charge in [0.1, 0.15) is 0 Å². The minimum Gasteiger partial charge on any atom is -0.475 e. The van der Waals surface area contributed by atoms with Crippen LogP contribution in [-0.2, 0) is 24.2 Å². The van der Waals surface area contributed by atoms with Gasteiger partial charge in [0, 0.05) is 41.8 Å². The van der Waals surface area contributed by atoms with E-state index in [0.29, 0.717) is 6.54 Å². The van der Waals surface area contributed by atoms with Crippen LogP contribution in [0, 0.1) is 0 Å². The standard InChI is InChI=1S/C18H23N3O2S.C2HF3O2/c1-20(2)8-9-21-16-5-4-15(11-13(16)3-6-17(21)22)19-18(23)14-7-10-24-12-14;3-2(4,5)1(6)7/h3,6-7,10,12,15H,4-5,8-9,11H2,1-2H3,(H,19,23);(H,6,7). The smallest absolute Gasteiger partial charge is 0.475 e. The van der Waals surface area contributed by atoms with Crippen molar-refractivity contribution in [2.75, 3.05) is 20.6 Å². The third-order valence-electron chi connectivity index (χ3n) is 4.72. The van der Waals surface area contributed by atoms with Crippen molar-refractivity contribution in [3.63, 3.8) is 0 Å². The molecule has 0 saturated carbocycles. The summed E-state index contributed by atoms with van der Waals surface area (Å²) in [5, 5.41) is 14.0. The first-order valence-corrected chi connectivity index (χ1v) is 10.4. The molecule has 1 unspecified atom stereocenters. The normalized spacial score (nSPS) is 15.6. The highest BCUT2D eigenvalue weighted by Crippen LogP contribution is 2.21. The molecule has 0 saturated heterocycles. The number of rotatable bonds is 5. The molecule has 0 fully saturated rings. The van der Waals surface area contributed by atoms with Crippen molar-refractivity contribution < 1.29 is 27.9 Å². The minimum absolute atomic E-state index is 0.00868. The maximum atomic E-state index is 12.2. The number of carboxylic acids is 1. The molecule has 0 spiro atoms. The Kier molecular flexibility index (Phi) is 8.40. The molecule has 7 nitrogen and oxygen atoms in total. The molecule has 2 aromatic heterocycles. The lowest BCUT2D eigenvalue weighted by atomic mass is 9.91. The third kappa shape index (κ3) is 7.21. The van der Waals surface area contributed by atoms with Gasteiger partial charge in [-0.15, -0.1) is 0 Å². The average molecular weight is 459 g/mol. The molecule has 1 amide bonds. The zero-order valence-corrected chi connectivity index (χ0v) is 17.9. The van der Waals surface area contributed by atoms with Gasteiger partial charge in [0.2, 0.25) is 0 Å². The topological polar surface area (TPSA) is 91.6 Å². The number of carbonyl (C=O) groups is 2. The van der Waals surface area contributed by atoms with Crippen molar-refractivity contribution >= 4 is 23.2 Å². The van der Waals surface area contributed by atoms with E-state index in [9.17, 15) is 22.8 Å². The van der Waals surface area contributed by atoms with Crippen LogP contribution in [0.5, 0.6) is 0 Å². The second-order valence-corrected chi connectivity index (χ2v) is 8.11. The maximum absolute atomic E-state index is 12.2. The SMILES string of the molecule is CN(C)CCn1c2c(ccc1=O)CC(NC(=O)c1ccsc1)CC2.O=C(O)C(F)(F)F. The number of carboxylic acid groups (broad SMARTS) is 1. The van der Waals surface area contributed by atoms with E-state index in [1.54, 1.807) is 6.07 Å². The molecule has 0 bridgehead atoms. The summed E-state index contributed by atoms with van der Waals surface area (Å²) in [5.41, 5.74) is 3.10. The van der Waals surface area contributed by atoms with Gasteiger partial charge in [-0.25, -0.2) is 4.79 Å². The monoisotopic (exact) mass is 459 g/mol. The van der Waals surface area contributed by atoms with Crippen molar-refractivity contribution in [2.24, 2.45) is 0 Å². The molecule has 1 aliphatic rings. The van der Waals surface area contributed by atoms with Crippen LogP contribution < -0.4 is 10.9 Å². The Morgan fingerprint density at radius 1 is 1.29 bits per heavy atom. The first kappa shape index (κ1) is 24.6. The molecular formula is C20H24F3N3O4S. The van der Waals surface area contributed by atoms with Crippen LogP contribution in [0.4, 0.5) is 13.2 Å². The van der Waals surface area contributed by atoms with Gasteiger partial charge >= 0.3 is 12.1 Å². The van der Waals surface area contributed by atoms with Crippen LogP contribution in [0.3, 0.4) is 0 Å². The fraction of sp³-hybridized carbons (Fsp3) is 0.450. The lowest BCUT2D eigenvalue weighted by Crippen LogP contribution is -2.40. The molecule has 11 heteroatoms. The number of aliphatic carboxylic acids is 1. The van der Waals surface area contributed by atoms with Gasteiger partial charge in [-0.05, 0) is 50.4 Å². The molecule has 3 rings (SSSR count). The minimum atomic E-state index is -5.08. The van der Waals surface area contributed by atoms with E-state index in [-0.39, 0.29) is 17.5 Å². The maximum Gasteiger partial charge on any atom is 0.490 e. The third-order valence-corrected chi connectivity index (χ3v) is 5.40. The van der Waals surface area contributed by atoms with Gasteiger partial charge in [-0.2, -0.15) is 24.5 Å². The van der Waals surface area contributed by atoms with Gasteiger partial charge in [0.05, 0.1) is 0 Å². The number of carbonyl (C=O) groups excluding carboxylic acids is 1. The van der Waals surface area contributed by atoms with E-state index in [4.69, 9.17) is 9.90 Å². The lowest BCUT2D eigenvalue weighted by Gasteiger charge is -2.28. The van der Waals surface area contributed by atoms with Crippen LogP contribution >= 0.6 is 11.3 Å². The molecule has 2 heterocycles. The molecule has 2 aromatic rings. The predicted octanol–water partition coefficient (Wildman–Crippen LogP) is 2.39. The Hall–Kier alpha value is -2.66. The molecule has 0 aromatic carbocycles. The highest BCUT2D eigenvalue weighted by molar-refractivity contribution is 7.08. The molecule has 0 radical (unpaired) electrons. The summed E-state index contributed by atoms with van der Waals surface area (Å²) < 4.78 is 33.6. The number of pyridine rings is 1. The number of aromatic nitrogens is 1. The van der Waals surface area contributed by atoms with Crippen LogP contribution in [0.1, 0.15) is 28.0 Å². The van der Waals surface area contributed by atoms with E-state index in [1.165, 1.54) is 16.9 Å². The summed E-state index contributed by atoms with van der Waals surface area (Å²) in [4.78, 5) is 35.4. The molecule has 0 aliphatic heterocycles. The van der Waals surface area contributed by atoms with Gasteiger partial charge in [0.25, 0.3) is 11.5 Å². The lowest BCUT2D eigenvalue weighted by molar-refractivity contribution is -0.192. The van der Waals surface area contributed by atoms with E-state index >= 15 is 0 Å². The highest BCUT2D eigenvalue weighted by Gasteiger charge is 2.38. The highest BCUT2D eigenvalue weighted by atomic mass is 32.1. The number of nitrogens with one attached hydrogen (secondary N) is 1. The summed E-state index contributed by atoms with van der Waals surface area (Å²) in [6.45, 7) is 1.55. The first-order valence-electron chi connectivity index (χ1n) is 9.48.